The van der Waals surface area contributed by atoms with Gasteiger partial charge in [0.15, 0.2) is 0 Å². The molecule has 2 amide bonds. The van der Waals surface area contributed by atoms with Crippen LogP contribution in [0.3, 0.4) is 0 Å². The van der Waals surface area contributed by atoms with E-state index in [2.05, 4.69) is 0 Å². The number of nitrogens with zero attached hydrogens (tertiary/aromatic N) is 1. The Bertz CT molecular complexity index is 944. The summed E-state index contributed by atoms with van der Waals surface area (Å²) < 4.78 is 0. The molecule has 3 aromatic carbocycles. The summed E-state index contributed by atoms with van der Waals surface area (Å²) in [7, 11) is 0. The van der Waals surface area contributed by atoms with E-state index >= 15 is 0 Å². The Morgan fingerprint density at radius 2 is 1.33 bits per heavy atom. The first-order chi connectivity index (χ1) is 11.7. The zero-order valence-corrected chi connectivity index (χ0v) is 12.4. The van der Waals surface area contributed by atoms with Crippen LogP contribution in [0.1, 0.15) is 31.1 Å². The first kappa shape index (κ1) is 14.1. The summed E-state index contributed by atoms with van der Waals surface area (Å²) in [5.74, 6) is -2.05. The van der Waals surface area contributed by atoms with E-state index < -0.39 is 17.8 Å². The highest BCUT2D eigenvalue weighted by atomic mass is 16.7. The second-order valence-electron chi connectivity index (χ2n) is 5.36. The van der Waals surface area contributed by atoms with Crippen molar-refractivity contribution in [3.05, 3.63) is 83.4 Å². The third kappa shape index (κ3) is 2.06. The lowest BCUT2D eigenvalue weighted by molar-refractivity contribution is -0.0620. The molecule has 1 heterocycles. The second-order valence-corrected chi connectivity index (χ2v) is 5.36. The molecule has 0 bridgehead atoms. The fourth-order valence-electron chi connectivity index (χ4n) is 2.80. The first-order valence-corrected chi connectivity index (χ1v) is 7.35. The van der Waals surface area contributed by atoms with Gasteiger partial charge in [0.05, 0.1) is 16.7 Å². The summed E-state index contributed by atoms with van der Waals surface area (Å²) in [6, 6.07) is 18.5. The maximum Gasteiger partial charge on any atom is 0.363 e. The molecule has 24 heavy (non-hydrogen) atoms. The molecule has 5 nitrogen and oxygen atoms in total. The van der Waals surface area contributed by atoms with Gasteiger partial charge in [-0.15, -0.1) is 0 Å². The molecule has 0 unspecified atom stereocenters. The van der Waals surface area contributed by atoms with E-state index in [1.807, 2.05) is 12.1 Å². The summed E-state index contributed by atoms with van der Waals surface area (Å²) in [5, 5.41) is 1.91. The molecule has 4 rings (SSSR count). The number of hydrogen-bond donors (Lipinski definition) is 0. The van der Waals surface area contributed by atoms with Crippen LogP contribution in [0, 0.1) is 0 Å². The number of imide groups is 1. The van der Waals surface area contributed by atoms with E-state index in [0.29, 0.717) is 21.6 Å². The molecule has 1 aliphatic rings. The normalized spacial score (nSPS) is 13.2. The molecule has 1 aliphatic heterocycles. The summed E-state index contributed by atoms with van der Waals surface area (Å²) in [5.41, 5.74) is 0.933. The Balaban J connectivity index is 1.76. The van der Waals surface area contributed by atoms with Crippen LogP contribution < -0.4 is 0 Å². The van der Waals surface area contributed by atoms with E-state index in [0.717, 1.165) is 5.39 Å². The van der Waals surface area contributed by atoms with Crippen molar-refractivity contribution in [2.45, 2.75) is 0 Å². The molecule has 0 aromatic heterocycles. The Morgan fingerprint density at radius 3 is 1.92 bits per heavy atom. The van der Waals surface area contributed by atoms with Crippen molar-refractivity contribution in [2.24, 2.45) is 0 Å². The van der Waals surface area contributed by atoms with Crippen LogP contribution in [-0.2, 0) is 4.84 Å². The number of amides is 2. The third-order valence-corrected chi connectivity index (χ3v) is 3.92. The van der Waals surface area contributed by atoms with Gasteiger partial charge in [0.2, 0.25) is 0 Å². The molecular formula is C19H11NO4. The van der Waals surface area contributed by atoms with Crippen molar-refractivity contribution in [1.82, 2.24) is 5.06 Å². The van der Waals surface area contributed by atoms with E-state index in [4.69, 9.17) is 4.84 Å². The van der Waals surface area contributed by atoms with Gasteiger partial charge in [0, 0.05) is 5.39 Å². The second kappa shape index (κ2) is 5.31. The maximum absolute atomic E-state index is 12.6. The Morgan fingerprint density at radius 1 is 0.750 bits per heavy atom. The van der Waals surface area contributed by atoms with Crippen molar-refractivity contribution < 1.29 is 19.2 Å². The Hall–Kier alpha value is -3.47. The van der Waals surface area contributed by atoms with Crippen LogP contribution in [0.2, 0.25) is 0 Å². The SMILES string of the molecule is O=C(ON1C(=O)c2cccc3cccc(c23)C1=O)c1ccccc1. The lowest BCUT2D eigenvalue weighted by Crippen LogP contribution is -2.41. The molecule has 5 heteroatoms. The average Bonchev–Trinajstić information content (AvgIpc) is 2.63. The van der Waals surface area contributed by atoms with E-state index in [-0.39, 0.29) is 5.56 Å². The van der Waals surface area contributed by atoms with Crippen LogP contribution in [0.25, 0.3) is 10.8 Å². The maximum atomic E-state index is 12.6. The Kier molecular flexibility index (Phi) is 3.13. The highest BCUT2D eigenvalue weighted by Crippen LogP contribution is 2.30. The van der Waals surface area contributed by atoms with Gasteiger partial charge in [-0.05, 0) is 29.7 Å². The van der Waals surface area contributed by atoms with Gasteiger partial charge in [0.25, 0.3) is 11.8 Å². The van der Waals surface area contributed by atoms with Gasteiger partial charge in [0.1, 0.15) is 0 Å². The standard InChI is InChI=1S/C19H11NO4/c21-17-14-10-4-8-12-9-5-11-15(16(12)14)18(22)20(17)24-19(23)13-6-2-1-3-7-13/h1-11H. The number of hydroxylamine groups is 2. The number of carbonyl (C=O) groups excluding carboxylic acids is 3. The molecule has 0 saturated carbocycles. The van der Waals surface area contributed by atoms with Gasteiger partial charge in [-0.2, -0.15) is 0 Å². The van der Waals surface area contributed by atoms with Crippen molar-refractivity contribution >= 4 is 28.6 Å². The third-order valence-electron chi connectivity index (χ3n) is 3.92. The van der Waals surface area contributed by atoms with Gasteiger partial charge >= 0.3 is 5.97 Å². The molecule has 116 valence electrons. The lowest BCUT2D eigenvalue weighted by atomic mass is 9.95. The quantitative estimate of drug-likeness (QED) is 0.681. The molecule has 0 radical (unpaired) electrons. The molecule has 0 atom stereocenters. The van der Waals surface area contributed by atoms with Crippen LogP contribution in [-0.4, -0.2) is 22.8 Å². The highest BCUT2D eigenvalue weighted by molar-refractivity contribution is 6.25. The van der Waals surface area contributed by atoms with Crippen LogP contribution >= 0.6 is 0 Å². The number of benzene rings is 3. The summed E-state index contributed by atoms with van der Waals surface area (Å²) in [6.45, 7) is 0. The van der Waals surface area contributed by atoms with Crippen molar-refractivity contribution in [3.8, 4) is 0 Å². The molecule has 0 spiro atoms. The lowest BCUT2D eigenvalue weighted by Gasteiger charge is -2.25. The molecule has 0 aliphatic carbocycles. The highest BCUT2D eigenvalue weighted by Gasteiger charge is 2.36. The fraction of sp³-hybridized carbons (Fsp3) is 0. The zero-order chi connectivity index (χ0) is 16.7. The minimum absolute atomic E-state index is 0.259. The van der Waals surface area contributed by atoms with Gasteiger partial charge in [-0.25, -0.2) is 4.79 Å². The first-order valence-electron chi connectivity index (χ1n) is 7.35. The van der Waals surface area contributed by atoms with Crippen LogP contribution in [0.4, 0.5) is 0 Å². The molecule has 0 fully saturated rings. The van der Waals surface area contributed by atoms with Gasteiger partial charge in [-0.1, -0.05) is 47.5 Å². The zero-order valence-electron chi connectivity index (χ0n) is 12.4. The largest absolute Gasteiger partial charge is 0.363 e. The minimum Gasteiger partial charge on any atom is -0.324 e. The van der Waals surface area contributed by atoms with Gasteiger partial charge < -0.3 is 4.84 Å². The monoisotopic (exact) mass is 317 g/mol. The van der Waals surface area contributed by atoms with E-state index in [9.17, 15) is 14.4 Å². The van der Waals surface area contributed by atoms with E-state index in [1.54, 1.807) is 54.6 Å². The summed E-state index contributed by atoms with van der Waals surface area (Å²) in [4.78, 5) is 42.5. The predicted molar refractivity (Wildman–Crippen MR) is 86.3 cm³/mol. The number of rotatable bonds is 2. The van der Waals surface area contributed by atoms with Crippen LogP contribution in [0.5, 0.6) is 0 Å². The van der Waals surface area contributed by atoms with Crippen molar-refractivity contribution in [2.75, 3.05) is 0 Å². The summed E-state index contributed by atoms with van der Waals surface area (Å²) in [6.07, 6.45) is 0. The number of carbonyl (C=O) groups is 3. The van der Waals surface area contributed by atoms with Crippen LogP contribution in [0.15, 0.2) is 66.7 Å². The van der Waals surface area contributed by atoms with Gasteiger partial charge in [-0.3, -0.25) is 9.59 Å². The average molecular weight is 317 g/mol. The fourth-order valence-corrected chi connectivity index (χ4v) is 2.80. The smallest absolute Gasteiger partial charge is 0.324 e. The molecule has 3 aromatic rings. The molecular weight excluding hydrogens is 306 g/mol. The summed E-state index contributed by atoms with van der Waals surface area (Å²) >= 11 is 0. The Labute approximate surface area is 137 Å². The predicted octanol–water partition coefficient (Wildman–Crippen LogP) is 3.21. The minimum atomic E-state index is -0.760. The molecule has 0 saturated heterocycles. The van der Waals surface area contributed by atoms with Crippen molar-refractivity contribution in [3.63, 3.8) is 0 Å². The number of hydrogen-bond acceptors (Lipinski definition) is 4. The van der Waals surface area contributed by atoms with E-state index in [1.165, 1.54) is 0 Å². The topological polar surface area (TPSA) is 63.7 Å². The molecule has 0 N–H and O–H groups in total. The van der Waals surface area contributed by atoms with Crippen molar-refractivity contribution in [1.29, 1.82) is 0 Å².